The smallest absolute Gasteiger partial charge is 0.872 e. The van der Waals surface area contributed by atoms with Crippen molar-refractivity contribution in [2.24, 2.45) is 9.98 Å². The van der Waals surface area contributed by atoms with Gasteiger partial charge in [0.15, 0.2) is 0 Å². The summed E-state index contributed by atoms with van der Waals surface area (Å²) in [6, 6.07) is 13.9. The molecule has 2 aromatic carbocycles. The van der Waals surface area contributed by atoms with Gasteiger partial charge in [0.25, 0.3) is 0 Å². The standard InChI is InChI=1S/C22H28N4O2.2Cu.2N3/c27-21-7-3-1-5-19(21)17-23-9-11-25-13-15-26(16-14-25)12-10-24-18-20-6-2-4-8-22(20)28;;;2*1-3-2/h1-8,17-18,27-28H,9-16H2;;;;/q;2*+2;2*-1/p-2. The molecule has 0 saturated carbocycles. The van der Waals surface area contributed by atoms with Crippen molar-refractivity contribution in [2.45, 2.75) is 0 Å². The average Bonchev–Trinajstić information content (AvgIpc) is 2.83. The summed E-state index contributed by atoms with van der Waals surface area (Å²) in [4.78, 5) is 16.6. The van der Waals surface area contributed by atoms with E-state index in [0.717, 1.165) is 39.3 Å². The topological polar surface area (TPSA) is 195 Å². The van der Waals surface area contributed by atoms with Crippen LogP contribution in [0.4, 0.5) is 0 Å². The third kappa shape index (κ3) is 15.1. The fraction of sp³-hybridized carbons (Fsp3) is 0.364. The Labute approximate surface area is 231 Å². The van der Waals surface area contributed by atoms with Crippen LogP contribution in [0.15, 0.2) is 58.5 Å². The maximum atomic E-state index is 11.6. The van der Waals surface area contributed by atoms with Gasteiger partial charge in [-0.3, -0.25) is 29.6 Å². The van der Waals surface area contributed by atoms with Crippen molar-refractivity contribution < 1.29 is 44.4 Å². The zero-order chi connectivity index (χ0) is 25.0. The molecule has 0 spiro atoms. The van der Waals surface area contributed by atoms with Crippen LogP contribution in [-0.4, -0.2) is 74.6 Å². The molecule has 0 N–H and O–H groups in total. The van der Waals surface area contributed by atoms with Gasteiger partial charge in [0.1, 0.15) is 0 Å². The van der Waals surface area contributed by atoms with Gasteiger partial charge in [-0.05, 0) is 11.1 Å². The molecule has 14 heteroatoms. The number of para-hydroxylation sites is 2. The van der Waals surface area contributed by atoms with E-state index in [1.807, 2.05) is 12.1 Å². The van der Waals surface area contributed by atoms with Crippen LogP contribution in [0, 0.1) is 0 Å². The second kappa shape index (κ2) is 22.4. The van der Waals surface area contributed by atoms with Gasteiger partial charge >= 0.3 is 34.1 Å². The van der Waals surface area contributed by atoms with Gasteiger partial charge in [0, 0.05) is 51.7 Å². The van der Waals surface area contributed by atoms with Gasteiger partial charge in [0.05, 0.1) is 13.1 Å². The Balaban J connectivity index is 0. The average molecular weight is 590 g/mol. The predicted molar refractivity (Wildman–Crippen MR) is 130 cm³/mol. The molecule has 3 rings (SSSR count). The van der Waals surface area contributed by atoms with E-state index in [9.17, 15) is 10.2 Å². The van der Waals surface area contributed by atoms with Gasteiger partial charge in [0.2, 0.25) is 0 Å². The number of hydrogen-bond acceptors (Lipinski definition) is 6. The van der Waals surface area contributed by atoms with E-state index in [2.05, 4.69) is 19.8 Å². The molecule has 0 aliphatic carbocycles. The molecule has 2 aromatic rings. The minimum atomic E-state index is 0. The van der Waals surface area contributed by atoms with Crippen LogP contribution >= 0.6 is 0 Å². The van der Waals surface area contributed by atoms with E-state index < -0.39 is 0 Å². The zero-order valence-corrected chi connectivity index (χ0v) is 21.2. The van der Waals surface area contributed by atoms with Crippen LogP contribution in [0.5, 0.6) is 11.5 Å². The quantitative estimate of drug-likeness (QED) is 0.150. The molecule has 0 aromatic heterocycles. The van der Waals surface area contributed by atoms with Crippen molar-refractivity contribution in [1.82, 2.24) is 9.80 Å². The summed E-state index contributed by atoms with van der Waals surface area (Å²) in [6.45, 7) is 7.27. The maximum Gasteiger partial charge on any atom is 2.00 e. The molecule has 12 nitrogen and oxygen atoms in total. The minimum absolute atomic E-state index is 0. The fourth-order valence-corrected chi connectivity index (χ4v) is 3.13. The Morgan fingerprint density at radius 2 is 0.972 bits per heavy atom. The monoisotopic (exact) mass is 588 g/mol. The molecule has 2 radical (unpaired) electrons. The molecular formula is C22H26Cu2N10O2. The van der Waals surface area contributed by atoms with Crippen LogP contribution in [0.25, 0.3) is 31.9 Å². The molecule has 1 aliphatic rings. The van der Waals surface area contributed by atoms with Crippen LogP contribution in [0.2, 0.25) is 0 Å². The molecule has 36 heavy (non-hydrogen) atoms. The molecule has 0 atom stereocenters. The van der Waals surface area contributed by atoms with E-state index >= 15 is 0 Å². The van der Waals surface area contributed by atoms with Crippen molar-refractivity contribution in [1.29, 1.82) is 0 Å². The molecule has 0 amide bonds. The SMILES string of the molecule is [Cu+2].[Cu+2].[N-]=[N+]=[N-].[N-]=[N+]=[N-].[O-]c1ccccc1C=NCCN1CCN(CCN=Cc2ccccc2[O-])CC1. The number of piperazine rings is 1. The number of hydrogen-bond donors (Lipinski definition) is 0. The van der Waals surface area contributed by atoms with Gasteiger partial charge in [-0.1, -0.05) is 48.5 Å². The maximum absolute atomic E-state index is 11.6. The Kier molecular flexibility index (Phi) is 21.9. The molecule has 1 heterocycles. The Morgan fingerprint density at radius 3 is 1.28 bits per heavy atom. The third-order valence-electron chi connectivity index (χ3n) is 4.85. The van der Waals surface area contributed by atoms with Crippen molar-refractivity contribution >= 4 is 12.4 Å². The van der Waals surface area contributed by atoms with E-state index in [1.54, 1.807) is 48.8 Å². The second-order valence-corrected chi connectivity index (χ2v) is 7.01. The van der Waals surface area contributed by atoms with Crippen LogP contribution < -0.4 is 10.2 Å². The minimum Gasteiger partial charge on any atom is -0.872 e. The molecule has 0 unspecified atom stereocenters. The number of nitrogens with zero attached hydrogens (tertiary/aromatic N) is 10. The van der Waals surface area contributed by atoms with Gasteiger partial charge in [-0.15, -0.1) is 11.5 Å². The summed E-state index contributed by atoms with van der Waals surface area (Å²) in [5.74, 6) is 0.0301. The fourth-order valence-electron chi connectivity index (χ4n) is 3.13. The summed E-state index contributed by atoms with van der Waals surface area (Å²) in [5.41, 5.74) is 28.3. The van der Waals surface area contributed by atoms with Crippen molar-refractivity contribution in [3.8, 4) is 11.5 Å². The largest absolute Gasteiger partial charge is 2.00 e. The second-order valence-electron chi connectivity index (χ2n) is 7.01. The third-order valence-corrected chi connectivity index (χ3v) is 4.85. The van der Waals surface area contributed by atoms with Gasteiger partial charge in [-0.25, -0.2) is 0 Å². The number of rotatable bonds is 8. The zero-order valence-electron chi connectivity index (χ0n) is 19.3. The summed E-state index contributed by atoms with van der Waals surface area (Å²) in [6.07, 6.45) is 3.35. The first-order chi connectivity index (χ1) is 16.5. The molecule has 0 bridgehead atoms. The summed E-state index contributed by atoms with van der Waals surface area (Å²) in [7, 11) is 0. The van der Waals surface area contributed by atoms with Gasteiger partial charge in [-0.2, -0.15) is 0 Å². The molecule has 198 valence electrons. The normalized spacial score (nSPS) is 13.1. The van der Waals surface area contributed by atoms with Crippen LogP contribution in [0.1, 0.15) is 11.1 Å². The van der Waals surface area contributed by atoms with Crippen molar-refractivity contribution in [3.63, 3.8) is 0 Å². The van der Waals surface area contributed by atoms with E-state index in [1.165, 1.54) is 9.82 Å². The van der Waals surface area contributed by atoms with E-state index in [0.29, 0.717) is 24.2 Å². The Hall–Kier alpha value is -3.04. The molecule has 1 fully saturated rings. The summed E-state index contributed by atoms with van der Waals surface area (Å²) < 4.78 is 0. The molecule has 1 aliphatic heterocycles. The first kappa shape index (κ1) is 35.1. The molecular weight excluding hydrogens is 563 g/mol. The van der Waals surface area contributed by atoms with E-state index in [4.69, 9.17) is 22.1 Å². The van der Waals surface area contributed by atoms with Crippen molar-refractivity contribution in [2.75, 3.05) is 52.4 Å². The first-order valence-electron chi connectivity index (χ1n) is 10.5. The first-order valence-corrected chi connectivity index (χ1v) is 10.5. The van der Waals surface area contributed by atoms with E-state index in [-0.39, 0.29) is 45.6 Å². The Morgan fingerprint density at radius 1 is 0.667 bits per heavy atom. The van der Waals surface area contributed by atoms with Crippen LogP contribution in [0.3, 0.4) is 0 Å². The number of benzene rings is 2. The number of aliphatic imine (C=N–C) groups is 2. The van der Waals surface area contributed by atoms with Crippen LogP contribution in [-0.2, 0) is 34.1 Å². The predicted octanol–water partition coefficient (Wildman–Crippen LogP) is 2.72. The summed E-state index contributed by atoms with van der Waals surface area (Å²) >= 11 is 0. The van der Waals surface area contributed by atoms with Crippen molar-refractivity contribution in [3.05, 3.63) is 91.6 Å². The Bertz CT molecular complexity index is 907. The van der Waals surface area contributed by atoms with Gasteiger partial charge < -0.3 is 32.3 Å². The molecule has 1 saturated heterocycles. The summed E-state index contributed by atoms with van der Waals surface area (Å²) in [5, 5.41) is 23.2.